The molecule has 1 aliphatic carbocycles. The van der Waals surface area contributed by atoms with Gasteiger partial charge in [0.1, 0.15) is 11.7 Å². The second kappa shape index (κ2) is 6.87. The fourth-order valence-electron chi connectivity index (χ4n) is 2.43. The van der Waals surface area contributed by atoms with Crippen molar-refractivity contribution in [1.82, 2.24) is 5.43 Å². The maximum absolute atomic E-state index is 13.7. The summed E-state index contributed by atoms with van der Waals surface area (Å²) in [5.74, 6) is 5.77. The fraction of sp³-hybridized carbons (Fsp3) is 0.500. The Morgan fingerprint density at radius 1 is 1.37 bits per heavy atom. The van der Waals surface area contributed by atoms with Gasteiger partial charge in [0.2, 0.25) is 0 Å². The van der Waals surface area contributed by atoms with Crippen LogP contribution in [0.1, 0.15) is 37.7 Å². The smallest absolute Gasteiger partial charge is 0.128 e. The Morgan fingerprint density at radius 3 is 2.74 bits per heavy atom. The second-order valence-corrected chi connectivity index (χ2v) is 5.30. The third-order valence-electron chi connectivity index (χ3n) is 3.49. The molecule has 1 aromatic carbocycles. The Kier molecular flexibility index (Phi) is 5.16. The number of rotatable bonds is 3. The molecule has 0 atom stereocenters. The first kappa shape index (κ1) is 14.3. The lowest BCUT2D eigenvalue weighted by Crippen LogP contribution is -2.33. The number of nitrogens with two attached hydrogens (primary N) is 1. The minimum Gasteiger partial charge on any atom is -0.312 e. The predicted molar refractivity (Wildman–Crippen MR) is 76.7 cm³/mol. The van der Waals surface area contributed by atoms with E-state index in [0.29, 0.717) is 28.9 Å². The van der Waals surface area contributed by atoms with Gasteiger partial charge in [-0.3, -0.25) is 4.99 Å². The van der Waals surface area contributed by atoms with Crippen LogP contribution in [0.4, 0.5) is 4.39 Å². The fourth-order valence-corrected chi connectivity index (χ4v) is 2.66. The zero-order valence-corrected chi connectivity index (χ0v) is 11.6. The number of aliphatic imine (C=N–C) groups is 1. The third-order valence-corrected chi connectivity index (χ3v) is 3.84. The van der Waals surface area contributed by atoms with Gasteiger partial charge in [0.05, 0.1) is 6.04 Å². The summed E-state index contributed by atoms with van der Waals surface area (Å²) in [7, 11) is 0. The summed E-state index contributed by atoms with van der Waals surface area (Å²) in [4.78, 5) is 4.59. The van der Waals surface area contributed by atoms with E-state index < -0.39 is 0 Å². The molecule has 0 heterocycles. The maximum atomic E-state index is 13.7. The molecule has 0 saturated heterocycles. The first-order chi connectivity index (χ1) is 9.20. The number of hydrogen-bond acceptors (Lipinski definition) is 2. The molecule has 1 saturated carbocycles. The first-order valence-electron chi connectivity index (χ1n) is 6.67. The highest BCUT2D eigenvalue weighted by Gasteiger charge is 2.15. The molecular formula is C14H19ClFN3. The van der Waals surface area contributed by atoms with E-state index in [2.05, 4.69) is 10.4 Å². The monoisotopic (exact) mass is 283 g/mol. The molecule has 0 amide bonds. The van der Waals surface area contributed by atoms with E-state index in [9.17, 15) is 4.39 Å². The Balaban J connectivity index is 2.12. The molecule has 3 N–H and O–H groups in total. The van der Waals surface area contributed by atoms with Gasteiger partial charge in [-0.25, -0.2) is 10.2 Å². The van der Waals surface area contributed by atoms with Crippen molar-refractivity contribution in [1.29, 1.82) is 0 Å². The largest absolute Gasteiger partial charge is 0.312 e. The number of hydrazine groups is 1. The Labute approximate surface area is 118 Å². The van der Waals surface area contributed by atoms with Crippen molar-refractivity contribution in [2.75, 3.05) is 0 Å². The van der Waals surface area contributed by atoms with Gasteiger partial charge in [-0.2, -0.15) is 0 Å². The number of hydrogen-bond donors (Lipinski definition) is 2. The lowest BCUT2D eigenvalue weighted by Gasteiger charge is -2.19. The van der Waals surface area contributed by atoms with Crippen molar-refractivity contribution >= 4 is 17.4 Å². The van der Waals surface area contributed by atoms with Gasteiger partial charge in [0.15, 0.2) is 0 Å². The minimum atomic E-state index is -0.320. The summed E-state index contributed by atoms with van der Waals surface area (Å²) >= 11 is 6.01. The van der Waals surface area contributed by atoms with Crippen molar-refractivity contribution in [2.24, 2.45) is 10.8 Å². The minimum absolute atomic E-state index is 0.297. The van der Waals surface area contributed by atoms with Gasteiger partial charge in [-0.05, 0) is 25.0 Å². The summed E-state index contributed by atoms with van der Waals surface area (Å²) in [5, 5.41) is 0.409. The normalized spacial score (nSPS) is 17.5. The first-order valence-corrected chi connectivity index (χ1v) is 7.04. The van der Waals surface area contributed by atoms with E-state index in [0.717, 1.165) is 12.8 Å². The van der Waals surface area contributed by atoms with Gasteiger partial charge in [0.25, 0.3) is 0 Å². The highest BCUT2D eigenvalue weighted by atomic mass is 35.5. The van der Waals surface area contributed by atoms with E-state index in [1.807, 2.05) is 0 Å². The summed E-state index contributed by atoms with van der Waals surface area (Å²) in [6.45, 7) is 0. The lowest BCUT2D eigenvalue weighted by atomic mass is 9.96. The van der Waals surface area contributed by atoms with Crippen LogP contribution < -0.4 is 11.3 Å². The third kappa shape index (κ3) is 3.91. The van der Waals surface area contributed by atoms with Crippen LogP contribution in [0.3, 0.4) is 0 Å². The van der Waals surface area contributed by atoms with Crippen molar-refractivity contribution in [2.45, 2.75) is 44.6 Å². The molecule has 19 heavy (non-hydrogen) atoms. The number of amidine groups is 1. The molecule has 0 unspecified atom stereocenters. The van der Waals surface area contributed by atoms with Gasteiger partial charge >= 0.3 is 0 Å². The summed E-state index contributed by atoms with van der Waals surface area (Å²) in [6, 6.07) is 4.96. The average Bonchev–Trinajstić information content (AvgIpc) is 2.43. The Morgan fingerprint density at radius 2 is 2.11 bits per heavy atom. The van der Waals surface area contributed by atoms with E-state index >= 15 is 0 Å². The molecule has 1 aliphatic rings. The van der Waals surface area contributed by atoms with Crippen LogP contribution in [0.5, 0.6) is 0 Å². The van der Waals surface area contributed by atoms with Gasteiger partial charge in [0, 0.05) is 17.0 Å². The zero-order valence-electron chi connectivity index (χ0n) is 10.8. The zero-order chi connectivity index (χ0) is 13.7. The summed E-state index contributed by atoms with van der Waals surface area (Å²) in [5.41, 5.74) is 3.02. The standard InChI is InChI=1S/C14H19ClFN3/c15-12-7-4-8-13(16)11(12)9-14(19-17)18-10-5-2-1-3-6-10/h4,7-8,10H,1-3,5-6,9,17H2,(H,18,19). The van der Waals surface area contributed by atoms with Crippen LogP contribution >= 0.6 is 11.6 Å². The SMILES string of the molecule is NNC(Cc1c(F)cccc1Cl)=NC1CCCCC1. The van der Waals surface area contributed by atoms with Crippen molar-refractivity contribution in [3.63, 3.8) is 0 Å². The molecule has 104 valence electrons. The highest BCUT2D eigenvalue weighted by Crippen LogP contribution is 2.22. The van der Waals surface area contributed by atoms with Gasteiger partial charge in [-0.15, -0.1) is 0 Å². The number of halogens is 2. The molecule has 0 aromatic heterocycles. The van der Waals surface area contributed by atoms with Crippen molar-refractivity contribution < 1.29 is 4.39 Å². The summed E-state index contributed by atoms with van der Waals surface area (Å²) in [6.07, 6.45) is 6.14. The van der Waals surface area contributed by atoms with Crippen LogP contribution in [-0.4, -0.2) is 11.9 Å². The molecule has 3 nitrogen and oxygen atoms in total. The molecule has 2 rings (SSSR count). The number of nitrogens with zero attached hydrogens (tertiary/aromatic N) is 1. The van der Waals surface area contributed by atoms with E-state index in [1.54, 1.807) is 12.1 Å². The van der Waals surface area contributed by atoms with Crippen LogP contribution in [0.25, 0.3) is 0 Å². The molecule has 0 bridgehead atoms. The Hall–Kier alpha value is -1.13. The number of nitrogens with one attached hydrogen (secondary N) is 1. The maximum Gasteiger partial charge on any atom is 0.128 e. The van der Waals surface area contributed by atoms with E-state index in [1.165, 1.54) is 25.3 Å². The number of benzene rings is 1. The Bertz CT molecular complexity index is 436. The van der Waals surface area contributed by atoms with E-state index in [4.69, 9.17) is 17.4 Å². The van der Waals surface area contributed by atoms with Gasteiger partial charge < -0.3 is 5.43 Å². The molecule has 1 fully saturated rings. The molecular weight excluding hydrogens is 265 g/mol. The van der Waals surface area contributed by atoms with Crippen molar-refractivity contribution in [3.05, 3.63) is 34.6 Å². The average molecular weight is 284 g/mol. The molecule has 0 aliphatic heterocycles. The second-order valence-electron chi connectivity index (χ2n) is 4.89. The van der Waals surface area contributed by atoms with Crippen LogP contribution in [0, 0.1) is 5.82 Å². The van der Waals surface area contributed by atoms with Crippen molar-refractivity contribution in [3.8, 4) is 0 Å². The van der Waals surface area contributed by atoms with E-state index in [-0.39, 0.29) is 5.82 Å². The molecule has 5 heteroatoms. The van der Waals surface area contributed by atoms with Crippen LogP contribution in [0.2, 0.25) is 5.02 Å². The molecule has 0 spiro atoms. The topological polar surface area (TPSA) is 50.4 Å². The predicted octanol–water partition coefficient (Wildman–Crippen LogP) is 3.22. The summed E-state index contributed by atoms with van der Waals surface area (Å²) < 4.78 is 13.7. The molecule has 1 aromatic rings. The van der Waals surface area contributed by atoms with Crippen LogP contribution in [0.15, 0.2) is 23.2 Å². The molecule has 0 radical (unpaired) electrons. The quantitative estimate of drug-likeness (QED) is 0.387. The highest BCUT2D eigenvalue weighted by molar-refractivity contribution is 6.31. The van der Waals surface area contributed by atoms with Gasteiger partial charge in [-0.1, -0.05) is 36.9 Å². The van der Waals surface area contributed by atoms with Crippen LogP contribution in [-0.2, 0) is 6.42 Å². The lowest BCUT2D eigenvalue weighted by molar-refractivity contribution is 0.442.